The van der Waals surface area contributed by atoms with Crippen LogP contribution in [0.2, 0.25) is 10.0 Å². The molecule has 3 aromatic rings. The maximum Gasteiger partial charge on any atom is 0.216 e. The number of nitrogens with zero attached hydrogens (tertiary/aromatic N) is 3. The molecule has 1 N–H and O–H groups in total. The largest absolute Gasteiger partial charge is 0.485 e. The van der Waals surface area contributed by atoms with Crippen molar-refractivity contribution in [1.29, 1.82) is 0 Å². The molecule has 0 atom stereocenters. The molecule has 2 aromatic carbocycles. The number of aryl methyl sites for hydroxylation is 2. The molecule has 5 nitrogen and oxygen atoms in total. The third-order valence-corrected chi connectivity index (χ3v) is 4.67. The van der Waals surface area contributed by atoms with E-state index in [-0.39, 0.29) is 6.61 Å². The Labute approximate surface area is 166 Å². The molecule has 1 heterocycles. The van der Waals surface area contributed by atoms with Crippen LogP contribution in [0.4, 0.5) is 0 Å². The summed E-state index contributed by atoms with van der Waals surface area (Å²) in [5.74, 6) is 1.36. The van der Waals surface area contributed by atoms with Crippen molar-refractivity contribution in [2.75, 3.05) is 0 Å². The molecule has 0 aliphatic rings. The Morgan fingerprint density at radius 2 is 2.00 bits per heavy atom. The van der Waals surface area contributed by atoms with Gasteiger partial charge in [0.2, 0.25) is 4.77 Å². The first-order valence-electron chi connectivity index (χ1n) is 7.80. The minimum absolute atomic E-state index is 0.232. The van der Waals surface area contributed by atoms with E-state index in [9.17, 15) is 0 Å². The maximum atomic E-state index is 6.02. The summed E-state index contributed by atoms with van der Waals surface area (Å²) < 4.78 is 7.75. The van der Waals surface area contributed by atoms with Gasteiger partial charge in [-0.25, -0.2) is 5.10 Å². The van der Waals surface area contributed by atoms with Gasteiger partial charge >= 0.3 is 0 Å². The minimum Gasteiger partial charge on any atom is -0.485 e. The number of halogens is 2. The monoisotopic (exact) mass is 406 g/mol. The highest BCUT2D eigenvalue weighted by Gasteiger charge is 2.08. The number of rotatable bonds is 5. The average Bonchev–Trinajstić information content (AvgIpc) is 2.95. The van der Waals surface area contributed by atoms with Crippen molar-refractivity contribution < 1.29 is 4.74 Å². The van der Waals surface area contributed by atoms with Crippen molar-refractivity contribution in [3.63, 3.8) is 0 Å². The lowest BCUT2D eigenvalue weighted by molar-refractivity contribution is 0.288. The van der Waals surface area contributed by atoms with E-state index >= 15 is 0 Å². The fraction of sp³-hybridized carbons (Fsp3) is 0.167. The van der Waals surface area contributed by atoms with Crippen molar-refractivity contribution in [3.05, 3.63) is 73.7 Å². The van der Waals surface area contributed by atoms with Crippen LogP contribution in [-0.4, -0.2) is 21.1 Å². The van der Waals surface area contributed by atoms with Crippen LogP contribution in [0.25, 0.3) is 0 Å². The predicted molar refractivity (Wildman–Crippen MR) is 107 cm³/mol. The molecule has 0 bridgehead atoms. The number of aromatic nitrogens is 3. The topological polar surface area (TPSA) is 55.2 Å². The zero-order chi connectivity index (χ0) is 18.7. The molecular weight excluding hydrogens is 391 g/mol. The number of hydrogen-bond donors (Lipinski definition) is 1. The van der Waals surface area contributed by atoms with Crippen molar-refractivity contribution in [2.45, 2.75) is 20.5 Å². The van der Waals surface area contributed by atoms with E-state index in [1.54, 1.807) is 18.3 Å². The number of benzene rings is 2. The molecule has 0 spiro atoms. The highest BCUT2D eigenvalue weighted by atomic mass is 35.5. The SMILES string of the molecule is Cc1ccc(OCc2n[nH]c(=S)n2/N=C\c2ccc(Cl)c(Cl)c2)c(C)c1. The summed E-state index contributed by atoms with van der Waals surface area (Å²) in [6.07, 6.45) is 1.63. The Hall–Kier alpha value is -2.15. The van der Waals surface area contributed by atoms with Crippen molar-refractivity contribution in [2.24, 2.45) is 5.10 Å². The van der Waals surface area contributed by atoms with Crippen LogP contribution in [0.15, 0.2) is 41.5 Å². The standard InChI is InChI=1S/C18H16Cl2N4OS/c1-11-3-6-16(12(2)7-11)25-10-17-22-23-18(26)24(17)21-9-13-4-5-14(19)15(20)8-13/h3-9H,10H2,1-2H3,(H,23,26)/b21-9-. The first-order chi connectivity index (χ1) is 12.4. The molecule has 134 valence electrons. The molecular formula is C18H16Cl2N4OS. The van der Waals surface area contributed by atoms with E-state index < -0.39 is 0 Å². The van der Waals surface area contributed by atoms with Crippen molar-refractivity contribution in [1.82, 2.24) is 14.9 Å². The second-order valence-electron chi connectivity index (χ2n) is 5.73. The zero-order valence-electron chi connectivity index (χ0n) is 14.2. The first kappa shape index (κ1) is 18.6. The number of nitrogens with one attached hydrogen (secondary N) is 1. The molecule has 26 heavy (non-hydrogen) atoms. The highest BCUT2D eigenvalue weighted by molar-refractivity contribution is 7.71. The van der Waals surface area contributed by atoms with Crippen LogP contribution in [0.1, 0.15) is 22.5 Å². The van der Waals surface area contributed by atoms with Crippen LogP contribution < -0.4 is 4.74 Å². The van der Waals surface area contributed by atoms with E-state index in [0.717, 1.165) is 16.9 Å². The van der Waals surface area contributed by atoms with Crippen molar-refractivity contribution in [3.8, 4) is 5.75 Å². The maximum absolute atomic E-state index is 6.02. The lowest BCUT2D eigenvalue weighted by Gasteiger charge is -2.09. The molecule has 0 aliphatic heterocycles. The van der Waals surface area contributed by atoms with Crippen molar-refractivity contribution >= 4 is 41.6 Å². The Morgan fingerprint density at radius 1 is 1.19 bits per heavy atom. The lowest BCUT2D eigenvalue weighted by Crippen LogP contribution is -2.05. The molecule has 0 radical (unpaired) electrons. The van der Waals surface area contributed by atoms with Gasteiger partial charge in [-0.1, -0.05) is 47.0 Å². The summed E-state index contributed by atoms with van der Waals surface area (Å²) in [6, 6.07) is 11.3. The Balaban J connectivity index is 1.79. The molecule has 0 fully saturated rings. The molecule has 8 heteroatoms. The van der Waals surface area contributed by atoms with E-state index in [4.69, 9.17) is 40.2 Å². The van der Waals surface area contributed by atoms with Crippen LogP contribution in [0.5, 0.6) is 5.75 Å². The summed E-state index contributed by atoms with van der Waals surface area (Å²) >= 11 is 17.2. The van der Waals surface area contributed by atoms with Gasteiger partial charge in [0.25, 0.3) is 0 Å². The number of hydrogen-bond acceptors (Lipinski definition) is 4. The summed E-state index contributed by atoms with van der Waals surface area (Å²) in [7, 11) is 0. The predicted octanol–water partition coefficient (Wildman–Crippen LogP) is 5.33. The Morgan fingerprint density at radius 3 is 2.73 bits per heavy atom. The smallest absolute Gasteiger partial charge is 0.216 e. The van der Waals surface area contributed by atoms with Crippen LogP contribution >= 0.6 is 35.4 Å². The fourth-order valence-electron chi connectivity index (χ4n) is 2.36. The summed E-state index contributed by atoms with van der Waals surface area (Å²) in [6.45, 7) is 4.28. The van der Waals surface area contributed by atoms with E-state index in [0.29, 0.717) is 20.6 Å². The van der Waals surface area contributed by atoms with Crippen LogP contribution in [0.3, 0.4) is 0 Å². The Kier molecular flexibility index (Phi) is 5.76. The van der Waals surface area contributed by atoms with Gasteiger partial charge in [0.05, 0.1) is 16.3 Å². The molecule has 0 saturated carbocycles. The number of ether oxygens (including phenoxy) is 1. The van der Waals surface area contributed by atoms with Gasteiger partial charge in [-0.2, -0.15) is 14.9 Å². The molecule has 3 rings (SSSR count). The fourth-order valence-corrected chi connectivity index (χ4v) is 2.86. The highest BCUT2D eigenvalue weighted by Crippen LogP contribution is 2.22. The third kappa shape index (κ3) is 4.33. The van der Waals surface area contributed by atoms with Gasteiger partial charge in [-0.3, -0.25) is 0 Å². The number of H-pyrrole nitrogens is 1. The molecule has 0 saturated heterocycles. The van der Waals surface area contributed by atoms with E-state index in [2.05, 4.69) is 21.4 Å². The van der Waals surface area contributed by atoms with Gasteiger partial charge in [0.15, 0.2) is 5.82 Å². The van der Waals surface area contributed by atoms with Gasteiger partial charge in [-0.05, 0) is 55.4 Å². The summed E-state index contributed by atoms with van der Waals surface area (Å²) in [5.41, 5.74) is 3.04. The zero-order valence-corrected chi connectivity index (χ0v) is 16.5. The normalized spacial score (nSPS) is 11.2. The van der Waals surface area contributed by atoms with Gasteiger partial charge in [-0.15, -0.1) is 0 Å². The molecule has 0 aliphatic carbocycles. The van der Waals surface area contributed by atoms with Crippen LogP contribution in [-0.2, 0) is 6.61 Å². The summed E-state index contributed by atoms with van der Waals surface area (Å²) in [4.78, 5) is 0. The first-order valence-corrected chi connectivity index (χ1v) is 8.96. The molecule has 0 amide bonds. The van der Waals surface area contributed by atoms with E-state index in [1.165, 1.54) is 10.2 Å². The van der Waals surface area contributed by atoms with Gasteiger partial charge in [0, 0.05) is 0 Å². The van der Waals surface area contributed by atoms with Crippen LogP contribution in [0, 0.1) is 18.6 Å². The minimum atomic E-state index is 0.232. The van der Waals surface area contributed by atoms with Gasteiger partial charge in [0.1, 0.15) is 12.4 Å². The third-order valence-electron chi connectivity index (χ3n) is 3.67. The lowest BCUT2D eigenvalue weighted by atomic mass is 10.1. The second-order valence-corrected chi connectivity index (χ2v) is 6.93. The average molecular weight is 407 g/mol. The van der Waals surface area contributed by atoms with Gasteiger partial charge < -0.3 is 4.74 Å². The summed E-state index contributed by atoms with van der Waals surface area (Å²) in [5, 5.41) is 12.2. The Bertz CT molecular complexity index is 1030. The van der Waals surface area contributed by atoms with E-state index in [1.807, 2.05) is 32.0 Å². The quantitative estimate of drug-likeness (QED) is 0.460. The number of aromatic amines is 1. The molecule has 0 unspecified atom stereocenters. The molecule has 1 aromatic heterocycles. The second kappa shape index (κ2) is 8.03.